The Morgan fingerprint density at radius 2 is 2.17 bits per heavy atom. The number of nitrogens with one attached hydrogen (secondary N) is 1. The monoisotopic (exact) mass is 332 g/mol. The van der Waals surface area contributed by atoms with Gasteiger partial charge in [-0.05, 0) is 25.5 Å². The van der Waals surface area contributed by atoms with Crippen LogP contribution in [0, 0.1) is 10.1 Å². The highest BCUT2D eigenvalue weighted by Crippen LogP contribution is 2.16. The van der Waals surface area contributed by atoms with Crippen LogP contribution in [0.5, 0.6) is 0 Å². The zero-order valence-electron chi connectivity index (χ0n) is 12.9. The average Bonchev–Trinajstić information content (AvgIpc) is 3.03. The maximum Gasteiger partial charge on any atom is 0.303 e. The Kier molecular flexibility index (Phi) is 5.25. The number of carboxylic acids is 1. The molecule has 0 spiro atoms. The molecule has 2 rings (SSSR count). The van der Waals surface area contributed by atoms with E-state index < -0.39 is 16.8 Å². The summed E-state index contributed by atoms with van der Waals surface area (Å²) in [7, 11) is 0. The zero-order chi connectivity index (χ0) is 17.7. The van der Waals surface area contributed by atoms with Crippen molar-refractivity contribution in [1.82, 2.24) is 15.1 Å². The maximum absolute atomic E-state index is 12.1. The molecular formula is C15H16N4O5. The van der Waals surface area contributed by atoms with Crippen molar-refractivity contribution in [3.63, 3.8) is 0 Å². The number of benzene rings is 1. The molecule has 9 heteroatoms. The van der Waals surface area contributed by atoms with Gasteiger partial charge < -0.3 is 10.4 Å². The highest BCUT2D eigenvalue weighted by molar-refractivity contribution is 5.92. The Bertz CT molecular complexity index is 771. The predicted octanol–water partition coefficient (Wildman–Crippen LogP) is 1.76. The van der Waals surface area contributed by atoms with Crippen LogP contribution in [0.4, 0.5) is 5.69 Å². The summed E-state index contributed by atoms with van der Waals surface area (Å²) in [6.45, 7) is 1.71. The molecule has 1 heterocycles. The van der Waals surface area contributed by atoms with Crippen LogP contribution in [0.25, 0.3) is 5.69 Å². The first-order chi connectivity index (χ1) is 11.4. The van der Waals surface area contributed by atoms with Crippen molar-refractivity contribution in [3.8, 4) is 5.69 Å². The molecule has 1 aromatic carbocycles. The van der Waals surface area contributed by atoms with Crippen LogP contribution < -0.4 is 5.32 Å². The fourth-order valence-corrected chi connectivity index (χ4v) is 2.05. The van der Waals surface area contributed by atoms with E-state index in [4.69, 9.17) is 5.11 Å². The molecule has 1 unspecified atom stereocenters. The minimum absolute atomic E-state index is 0.0381. The van der Waals surface area contributed by atoms with Gasteiger partial charge in [0.25, 0.3) is 11.6 Å². The summed E-state index contributed by atoms with van der Waals surface area (Å²) < 4.78 is 1.36. The molecule has 1 atom stereocenters. The summed E-state index contributed by atoms with van der Waals surface area (Å²) in [4.78, 5) is 32.9. The Morgan fingerprint density at radius 1 is 1.42 bits per heavy atom. The standard InChI is InChI=1S/C15H16N4O5/c1-10(5-6-14(20)21)16-15(22)13-7-8-18(17-13)11-3-2-4-12(9-11)19(23)24/h2-4,7-10H,5-6H2,1H3,(H,16,22)(H,20,21). The molecule has 2 aromatic rings. The second kappa shape index (κ2) is 7.36. The second-order valence-corrected chi connectivity index (χ2v) is 5.23. The van der Waals surface area contributed by atoms with Crippen molar-refractivity contribution in [2.24, 2.45) is 0 Å². The Balaban J connectivity index is 2.07. The number of aliphatic carboxylic acids is 1. The number of nitrogens with zero attached hydrogens (tertiary/aromatic N) is 3. The van der Waals surface area contributed by atoms with Crippen LogP contribution in [0.1, 0.15) is 30.3 Å². The van der Waals surface area contributed by atoms with E-state index in [1.807, 2.05) is 0 Å². The first kappa shape index (κ1) is 17.1. The number of non-ortho nitro benzene ring substituents is 1. The maximum atomic E-state index is 12.1. The molecule has 2 N–H and O–H groups in total. The van der Waals surface area contributed by atoms with Crippen molar-refractivity contribution in [1.29, 1.82) is 0 Å². The molecule has 1 aromatic heterocycles. The lowest BCUT2D eigenvalue weighted by Gasteiger charge is -2.11. The molecule has 0 saturated carbocycles. The van der Waals surface area contributed by atoms with Crippen LogP contribution in [0.15, 0.2) is 36.5 Å². The Labute approximate surface area is 137 Å². The van der Waals surface area contributed by atoms with E-state index in [9.17, 15) is 19.7 Å². The third-order valence-electron chi connectivity index (χ3n) is 3.30. The molecule has 0 aliphatic heterocycles. The normalized spacial score (nSPS) is 11.7. The average molecular weight is 332 g/mol. The van der Waals surface area contributed by atoms with E-state index in [2.05, 4.69) is 10.4 Å². The van der Waals surface area contributed by atoms with Gasteiger partial charge in [-0.3, -0.25) is 19.7 Å². The quantitative estimate of drug-likeness (QED) is 0.587. The van der Waals surface area contributed by atoms with Crippen LogP contribution in [0.3, 0.4) is 0 Å². The second-order valence-electron chi connectivity index (χ2n) is 5.23. The molecule has 0 radical (unpaired) electrons. The molecule has 0 saturated heterocycles. The molecule has 126 valence electrons. The van der Waals surface area contributed by atoms with Crippen molar-refractivity contribution in [2.45, 2.75) is 25.8 Å². The first-order valence-electron chi connectivity index (χ1n) is 7.20. The summed E-state index contributed by atoms with van der Waals surface area (Å²) in [6, 6.07) is 7.06. The fraction of sp³-hybridized carbons (Fsp3) is 0.267. The minimum Gasteiger partial charge on any atom is -0.481 e. The number of amides is 1. The topological polar surface area (TPSA) is 127 Å². The van der Waals surface area contributed by atoms with Crippen molar-refractivity contribution in [3.05, 3.63) is 52.3 Å². The lowest BCUT2D eigenvalue weighted by molar-refractivity contribution is -0.384. The lowest BCUT2D eigenvalue weighted by Crippen LogP contribution is -2.33. The molecule has 1 amide bonds. The number of hydrogen-bond donors (Lipinski definition) is 2. The number of nitro benzene ring substituents is 1. The molecule has 0 aliphatic rings. The number of carbonyl (C=O) groups is 2. The summed E-state index contributed by atoms with van der Waals surface area (Å²) in [5.41, 5.74) is 0.530. The number of hydrogen-bond acceptors (Lipinski definition) is 5. The minimum atomic E-state index is -0.925. The number of rotatable bonds is 7. The Hall–Kier alpha value is -3.23. The third kappa shape index (κ3) is 4.38. The van der Waals surface area contributed by atoms with Gasteiger partial charge in [-0.2, -0.15) is 5.10 Å². The Morgan fingerprint density at radius 3 is 2.83 bits per heavy atom. The number of carbonyl (C=O) groups excluding carboxylic acids is 1. The van der Waals surface area contributed by atoms with E-state index in [0.29, 0.717) is 12.1 Å². The summed E-state index contributed by atoms with van der Waals surface area (Å²) in [6.07, 6.45) is 1.80. The number of aromatic nitrogens is 2. The van der Waals surface area contributed by atoms with Crippen LogP contribution >= 0.6 is 0 Å². The van der Waals surface area contributed by atoms with E-state index in [-0.39, 0.29) is 23.8 Å². The van der Waals surface area contributed by atoms with Gasteiger partial charge in [0.05, 0.1) is 10.6 Å². The van der Waals surface area contributed by atoms with Gasteiger partial charge in [-0.1, -0.05) is 6.07 Å². The SMILES string of the molecule is CC(CCC(=O)O)NC(=O)c1ccn(-c2cccc([N+](=O)[O-])c2)n1. The first-order valence-corrected chi connectivity index (χ1v) is 7.20. The summed E-state index contributed by atoms with van der Waals surface area (Å²) >= 11 is 0. The smallest absolute Gasteiger partial charge is 0.303 e. The fourth-order valence-electron chi connectivity index (χ4n) is 2.05. The predicted molar refractivity (Wildman–Crippen MR) is 84.0 cm³/mol. The van der Waals surface area contributed by atoms with Gasteiger partial charge in [0.2, 0.25) is 0 Å². The summed E-state index contributed by atoms with van der Waals surface area (Å²) in [5.74, 6) is -1.36. The lowest BCUT2D eigenvalue weighted by atomic mass is 10.2. The van der Waals surface area contributed by atoms with Crippen molar-refractivity contribution < 1.29 is 19.6 Å². The molecule has 9 nitrogen and oxygen atoms in total. The van der Waals surface area contributed by atoms with Crippen molar-refractivity contribution >= 4 is 17.6 Å². The van der Waals surface area contributed by atoms with Crippen LogP contribution in [-0.4, -0.2) is 37.7 Å². The number of carboxylic acid groups (broad SMARTS) is 1. The highest BCUT2D eigenvalue weighted by atomic mass is 16.6. The van der Waals surface area contributed by atoms with Crippen LogP contribution in [-0.2, 0) is 4.79 Å². The zero-order valence-corrected chi connectivity index (χ0v) is 12.9. The van der Waals surface area contributed by atoms with E-state index in [0.717, 1.165) is 0 Å². The van der Waals surface area contributed by atoms with E-state index >= 15 is 0 Å². The van der Waals surface area contributed by atoms with Gasteiger partial charge in [0.1, 0.15) is 0 Å². The van der Waals surface area contributed by atoms with Gasteiger partial charge in [0.15, 0.2) is 5.69 Å². The highest BCUT2D eigenvalue weighted by Gasteiger charge is 2.15. The van der Waals surface area contributed by atoms with Crippen molar-refractivity contribution in [2.75, 3.05) is 0 Å². The summed E-state index contributed by atoms with van der Waals surface area (Å²) in [5, 5.41) is 26.2. The third-order valence-corrected chi connectivity index (χ3v) is 3.30. The van der Waals surface area contributed by atoms with Gasteiger partial charge in [-0.15, -0.1) is 0 Å². The molecule has 0 aliphatic carbocycles. The van der Waals surface area contributed by atoms with Gasteiger partial charge >= 0.3 is 5.97 Å². The molecule has 0 bridgehead atoms. The van der Waals surface area contributed by atoms with Crippen LogP contribution in [0.2, 0.25) is 0 Å². The molecule has 0 fully saturated rings. The molecule has 24 heavy (non-hydrogen) atoms. The van der Waals surface area contributed by atoms with E-state index in [1.54, 1.807) is 13.0 Å². The van der Waals surface area contributed by atoms with Gasteiger partial charge in [-0.25, -0.2) is 4.68 Å². The molecular weight excluding hydrogens is 316 g/mol. The van der Waals surface area contributed by atoms with E-state index in [1.165, 1.54) is 35.1 Å². The number of nitro groups is 1. The largest absolute Gasteiger partial charge is 0.481 e. The van der Waals surface area contributed by atoms with Gasteiger partial charge in [0, 0.05) is 30.8 Å².